The molecule has 0 unspecified atom stereocenters. The van der Waals surface area contributed by atoms with Gasteiger partial charge in [-0.15, -0.1) is 0 Å². The molecule has 10 atom stereocenters. The Morgan fingerprint density at radius 3 is 1.86 bits per heavy atom. The lowest BCUT2D eigenvalue weighted by molar-refractivity contribution is -0.324. The number of ether oxygens (including phenoxy) is 6. The third-order valence-electron chi connectivity index (χ3n) is 10.8. The number of aliphatic carboxylic acids is 1. The number of aromatic hydroxyl groups is 1. The smallest absolute Gasteiger partial charge is 0.350 e. The van der Waals surface area contributed by atoms with Crippen molar-refractivity contribution in [3.63, 3.8) is 0 Å². The summed E-state index contributed by atoms with van der Waals surface area (Å²) in [7, 11) is 0. The molecule has 0 aromatic heterocycles. The van der Waals surface area contributed by atoms with E-state index in [2.05, 4.69) is 0 Å². The van der Waals surface area contributed by atoms with Crippen LogP contribution in [0, 0.1) is 0 Å². The highest BCUT2D eigenvalue weighted by molar-refractivity contribution is 5.94. The minimum atomic E-state index is -2.35. The van der Waals surface area contributed by atoms with Crippen LogP contribution in [-0.4, -0.2) is 157 Å². The third-order valence-corrected chi connectivity index (χ3v) is 10.8. The number of carboxylic acid groups (broad SMARTS) is 2. The number of carbonyl (C=O) groups is 7. The number of phenols is 1. The number of carbonyl (C=O) groups excluding carboxylic acids is 5. The Balaban J connectivity index is 1.78. The van der Waals surface area contributed by atoms with E-state index in [1.807, 2.05) is 0 Å². The summed E-state index contributed by atoms with van der Waals surface area (Å²) in [5.74, 6) is -7.84. The Labute approximate surface area is 383 Å². The zero-order valence-electron chi connectivity index (χ0n) is 37.8. The second kappa shape index (κ2) is 30.5. The summed E-state index contributed by atoms with van der Waals surface area (Å²) in [6.45, 7) is 1.55. The van der Waals surface area contributed by atoms with Gasteiger partial charge in [-0.2, -0.15) is 0 Å². The molecule has 1 fully saturated rings. The van der Waals surface area contributed by atoms with Crippen molar-refractivity contribution in [3.05, 3.63) is 29.3 Å². The molecule has 374 valence electrons. The molecule has 0 radical (unpaired) electrons. The number of ketones is 1. The summed E-state index contributed by atoms with van der Waals surface area (Å²) < 4.78 is 31.4. The highest BCUT2D eigenvalue weighted by Gasteiger charge is 2.50. The molecule has 66 heavy (non-hydrogen) atoms. The maximum Gasteiger partial charge on any atom is 0.350 e. The van der Waals surface area contributed by atoms with Gasteiger partial charge in [0.1, 0.15) is 66.7 Å². The van der Waals surface area contributed by atoms with E-state index in [1.54, 1.807) is 13.0 Å². The van der Waals surface area contributed by atoms with Crippen LogP contribution in [0.4, 0.5) is 0 Å². The summed E-state index contributed by atoms with van der Waals surface area (Å²) in [4.78, 5) is 84.0. The summed E-state index contributed by atoms with van der Waals surface area (Å²) in [5.41, 5.74) is 0.0863. The number of aliphatic hydroxyl groups is 5. The molecule has 21 heteroatoms. The van der Waals surface area contributed by atoms with Gasteiger partial charge in [0.2, 0.25) is 6.10 Å². The zero-order chi connectivity index (χ0) is 49.3. The number of rotatable bonds is 33. The van der Waals surface area contributed by atoms with Gasteiger partial charge in [0.25, 0.3) is 0 Å². The topological polar surface area (TPSA) is 337 Å². The van der Waals surface area contributed by atoms with Gasteiger partial charge in [-0.25, -0.2) is 9.59 Å². The van der Waals surface area contributed by atoms with Crippen LogP contribution in [-0.2, 0) is 63.6 Å². The largest absolute Gasteiger partial charge is 0.507 e. The van der Waals surface area contributed by atoms with E-state index in [0.717, 1.165) is 90.9 Å². The Bertz CT molecular complexity index is 1700. The van der Waals surface area contributed by atoms with Crippen LogP contribution in [0.15, 0.2) is 18.2 Å². The SMILES string of the molecule is CC(=O)O[C@H]1[C@H](O[C@H](COC(=O)CC(=O)O)[C@@H](O)[C@H](O)[C@H](OC(C)=O)C(=O)O[C@@H](C)CCCCCCCCCCCCCCCC(=O)Cc2cccc(O)c2C(=O)O)O[C@@H](CO)[C@@H](O)[C@@H]1O. The lowest BCUT2D eigenvalue weighted by Gasteiger charge is -2.43. The Kier molecular flexibility index (Phi) is 26.5. The van der Waals surface area contributed by atoms with E-state index in [4.69, 9.17) is 33.5 Å². The normalized spacial score (nSPS) is 20.5. The number of carboxylic acids is 2. The van der Waals surface area contributed by atoms with Gasteiger partial charge >= 0.3 is 35.8 Å². The van der Waals surface area contributed by atoms with Gasteiger partial charge in [-0.1, -0.05) is 82.8 Å². The average molecular weight is 945 g/mol. The molecule has 0 saturated carbocycles. The molecule has 8 N–H and O–H groups in total. The average Bonchev–Trinajstić information content (AvgIpc) is 3.24. The molecule has 0 amide bonds. The van der Waals surface area contributed by atoms with E-state index in [-0.39, 0.29) is 23.5 Å². The van der Waals surface area contributed by atoms with E-state index >= 15 is 0 Å². The molecule has 0 aliphatic carbocycles. The highest BCUT2D eigenvalue weighted by atomic mass is 16.7. The molecule has 1 aromatic carbocycles. The molecule has 1 aliphatic rings. The molecule has 1 heterocycles. The molecule has 1 saturated heterocycles. The highest BCUT2D eigenvalue weighted by Crippen LogP contribution is 2.28. The number of hydrogen-bond donors (Lipinski definition) is 8. The van der Waals surface area contributed by atoms with Gasteiger partial charge in [0.05, 0.1) is 12.7 Å². The second-order valence-corrected chi connectivity index (χ2v) is 16.4. The minimum Gasteiger partial charge on any atom is -0.507 e. The van der Waals surface area contributed by atoms with Crippen molar-refractivity contribution >= 4 is 41.6 Å². The predicted octanol–water partition coefficient (Wildman–Crippen LogP) is 2.41. The Morgan fingerprint density at radius 1 is 0.758 bits per heavy atom. The van der Waals surface area contributed by atoms with Crippen LogP contribution >= 0.6 is 0 Å². The first kappa shape index (κ1) is 57.4. The first-order chi connectivity index (χ1) is 31.3. The van der Waals surface area contributed by atoms with Crippen LogP contribution in [0.3, 0.4) is 0 Å². The standard InChI is InChI=1S/C45H68O21/c1-26(18-15-13-11-9-7-5-4-6-8-10-12-14-16-20-30(49)22-29-19-17-21-31(50)36(29)43(58)59)62-44(60)41(63-27(2)47)39(56)38(55)33(25-61-35(53)23-34(51)52)66-45-42(64-28(3)48)40(57)37(54)32(24-46)65-45/h17,19,21,26,32-33,37-42,45-46,50,54-57H,4-16,18,20,22-25H2,1-3H3,(H,51,52)(H,58,59)/t26-,32-,33+,37+,38+,39-,40-,41-,42+,45-/m0/s1. The van der Waals surface area contributed by atoms with E-state index in [0.29, 0.717) is 24.8 Å². The summed E-state index contributed by atoms with van der Waals surface area (Å²) in [5, 5.41) is 81.1. The number of benzene rings is 1. The van der Waals surface area contributed by atoms with Crippen LogP contribution in [0.5, 0.6) is 5.75 Å². The second-order valence-electron chi connectivity index (χ2n) is 16.4. The van der Waals surface area contributed by atoms with E-state index in [1.165, 1.54) is 12.1 Å². The number of unbranched alkanes of at least 4 members (excludes halogenated alkanes) is 12. The maximum absolute atomic E-state index is 13.3. The van der Waals surface area contributed by atoms with E-state index < -0.39 is 117 Å². The molecule has 1 aromatic rings. The molecule has 0 spiro atoms. The lowest BCUT2D eigenvalue weighted by Crippen LogP contribution is -2.62. The molecular weight excluding hydrogens is 876 g/mol. The number of aliphatic hydroxyl groups excluding tert-OH is 5. The predicted molar refractivity (Wildman–Crippen MR) is 228 cm³/mol. The summed E-state index contributed by atoms with van der Waals surface area (Å²) >= 11 is 0. The van der Waals surface area contributed by atoms with Gasteiger partial charge in [0, 0.05) is 26.7 Å². The lowest BCUT2D eigenvalue weighted by atomic mass is 9.98. The molecule has 21 nitrogen and oxygen atoms in total. The first-order valence-corrected chi connectivity index (χ1v) is 22.4. The van der Waals surface area contributed by atoms with Gasteiger partial charge in [0.15, 0.2) is 12.4 Å². The van der Waals surface area contributed by atoms with Gasteiger partial charge in [-0.3, -0.25) is 24.0 Å². The van der Waals surface area contributed by atoms with Crippen molar-refractivity contribution in [1.29, 1.82) is 0 Å². The van der Waals surface area contributed by atoms with Crippen molar-refractivity contribution in [3.8, 4) is 5.75 Å². The van der Waals surface area contributed by atoms with Crippen LogP contribution in [0.2, 0.25) is 0 Å². The van der Waals surface area contributed by atoms with E-state index in [9.17, 15) is 69.3 Å². The fraction of sp³-hybridized carbons (Fsp3) is 0.711. The fourth-order valence-corrected chi connectivity index (χ4v) is 7.36. The van der Waals surface area contributed by atoms with Crippen molar-refractivity contribution in [1.82, 2.24) is 0 Å². The van der Waals surface area contributed by atoms with Crippen molar-refractivity contribution < 1.29 is 103 Å². The van der Waals surface area contributed by atoms with Crippen molar-refractivity contribution in [2.75, 3.05) is 13.2 Å². The third kappa shape index (κ3) is 20.8. The summed E-state index contributed by atoms with van der Waals surface area (Å²) in [6.07, 6.45) is -6.20. The number of aromatic carboxylic acids is 1. The number of hydrogen-bond acceptors (Lipinski definition) is 19. The van der Waals surface area contributed by atoms with Crippen molar-refractivity contribution in [2.45, 2.75) is 191 Å². The Morgan fingerprint density at radius 2 is 1.33 bits per heavy atom. The molecular formula is C45H68O21. The van der Waals surface area contributed by atoms with Crippen LogP contribution < -0.4 is 0 Å². The monoisotopic (exact) mass is 944 g/mol. The van der Waals surface area contributed by atoms with Gasteiger partial charge < -0.3 is 69.3 Å². The number of esters is 4. The summed E-state index contributed by atoms with van der Waals surface area (Å²) in [6, 6.07) is 4.35. The van der Waals surface area contributed by atoms with Gasteiger partial charge in [-0.05, 0) is 37.8 Å². The zero-order valence-corrected chi connectivity index (χ0v) is 37.8. The van der Waals surface area contributed by atoms with Crippen LogP contribution in [0.25, 0.3) is 0 Å². The fourth-order valence-electron chi connectivity index (χ4n) is 7.36. The number of Topliss-reactive ketones (excluding diaryl/α,β-unsaturated/α-hetero) is 1. The minimum absolute atomic E-state index is 0.0209. The molecule has 2 rings (SSSR count). The quantitative estimate of drug-likeness (QED) is 0.0217. The Hall–Kier alpha value is -4.77. The maximum atomic E-state index is 13.3. The van der Waals surface area contributed by atoms with Crippen molar-refractivity contribution in [2.24, 2.45) is 0 Å². The molecule has 0 bridgehead atoms. The molecule has 1 aliphatic heterocycles. The first-order valence-electron chi connectivity index (χ1n) is 22.4. The van der Waals surface area contributed by atoms with Crippen LogP contribution in [0.1, 0.15) is 139 Å².